The van der Waals surface area contributed by atoms with Gasteiger partial charge in [0.25, 0.3) is 0 Å². The molecule has 0 saturated carbocycles. The molecule has 0 aromatic carbocycles. The van der Waals surface area contributed by atoms with Gasteiger partial charge in [0.15, 0.2) is 12.2 Å². The van der Waals surface area contributed by atoms with Gasteiger partial charge >= 0.3 is 39.5 Å². The Hall–Kier alpha value is -1.94. The topological polar surface area (TPSA) is 237 Å². The Morgan fingerprint density at radius 2 is 0.479 bits per heavy atom. The van der Waals surface area contributed by atoms with E-state index in [9.17, 15) is 43.2 Å². The van der Waals surface area contributed by atoms with Crippen LogP contribution in [0.5, 0.6) is 0 Å². The predicted octanol–water partition coefficient (Wildman–Crippen LogP) is 22.9. The highest BCUT2D eigenvalue weighted by atomic mass is 31.2. The van der Waals surface area contributed by atoms with Crippen LogP contribution in [-0.2, 0) is 65.4 Å². The van der Waals surface area contributed by atoms with Gasteiger partial charge in [-0.15, -0.1) is 0 Å². The SMILES string of the molecule is CCCCCCCCCCCCCCCCCCCCCCCCC(=O)O[C@H](COC(=O)CCCCCCCCCCCCC(C)C)COP(=O)(O)OC[C@@H](O)COP(=O)(O)OC[C@@H](COC(=O)CCCCCCCCCC)OC(=O)CCCCCCCCCCCCCCC. The lowest BCUT2D eigenvalue weighted by atomic mass is 10.0. The summed E-state index contributed by atoms with van der Waals surface area (Å²) in [6, 6.07) is 0. The van der Waals surface area contributed by atoms with Crippen molar-refractivity contribution in [1.29, 1.82) is 0 Å². The number of phosphoric ester groups is 2. The van der Waals surface area contributed by atoms with Crippen LogP contribution in [0, 0.1) is 5.92 Å². The zero-order valence-electron chi connectivity index (χ0n) is 62.5. The summed E-state index contributed by atoms with van der Waals surface area (Å²) in [6.45, 7) is 7.26. The summed E-state index contributed by atoms with van der Waals surface area (Å²) < 4.78 is 68.5. The van der Waals surface area contributed by atoms with E-state index in [0.29, 0.717) is 25.7 Å². The lowest BCUT2D eigenvalue weighted by Crippen LogP contribution is -2.30. The quantitative estimate of drug-likeness (QED) is 0.0222. The van der Waals surface area contributed by atoms with Crippen LogP contribution in [0.25, 0.3) is 0 Å². The summed E-state index contributed by atoms with van der Waals surface area (Å²) in [7, 11) is -9.91. The van der Waals surface area contributed by atoms with Crippen LogP contribution < -0.4 is 0 Å². The fraction of sp³-hybridized carbons (Fsp3) is 0.948. The fourth-order valence-corrected chi connectivity index (χ4v) is 13.5. The van der Waals surface area contributed by atoms with E-state index < -0.39 is 97.5 Å². The molecule has 0 heterocycles. The number of aliphatic hydroxyl groups excluding tert-OH is 1. The van der Waals surface area contributed by atoms with Gasteiger partial charge in [-0.25, -0.2) is 9.13 Å². The van der Waals surface area contributed by atoms with Gasteiger partial charge in [0.2, 0.25) is 0 Å². The molecule has 0 saturated heterocycles. The molecule has 5 atom stereocenters. The van der Waals surface area contributed by atoms with Crippen LogP contribution in [-0.4, -0.2) is 96.7 Å². The van der Waals surface area contributed by atoms with Gasteiger partial charge in [0.05, 0.1) is 26.4 Å². The largest absolute Gasteiger partial charge is 0.472 e. The Bertz CT molecular complexity index is 1840. The molecule has 0 aromatic heterocycles. The summed E-state index contributed by atoms with van der Waals surface area (Å²) in [5.74, 6) is -1.36. The third kappa shape index (κ3) is 70.5. The Kier molecular flexibility index (Phi) is 68.7. The van der Waals surface area contributed by atoms with Gasteiger partial charge in [0, 0.05) is 25.7 Å². The molecule has 2 unspecified atom stereocenters. The summed E-state index contributed by atoms with van der Waals surface area (Å²) in [6.07, 6.45) is 59.8. The second-order valence-electron chi connectivity index (χ2n) is 28.2. The molecule has 0 bridgehead atoms. The number of hydrogen-bond donors (Lipinski definition) is 3. The van der Waals surface area contributed by atoms with Gasteiger partial charge < -0.3 is 33.8 Å². The van der Waals surface area contributed by atoms with Gasteiger partial charge in [-0.1, -0.05) is 356 Å². The Balaban J connectivity index is 5.16. The minimum absolute atomic E-state index is 0.108. The molecule has 17 nitrogen and oxygen atoms in total. The Morgan fingerprint density at radius 1 is 0.281 bits per heavy atom. The average molecular weight is 1410 g/mol. The van der Waals surface area contributed by atoms with Crippen LogP contribution >= 0.6 is 15.6 Å². The van der Waals surface area contributed by atoms with E-state index in [0.717, 1.165) is 102 Å². The highest BCUT2D eigenvalue weighted by molar-refractivity contribution is 7.47. The Labute approximate surface area is 588 Å². The van der Waals surface area contributed by atoms with Crippen molar-refractivity contribution in [1.82, 2.24) is 0 Å². The van der Waals surface area contributed by atoms with Crippen molar-refractivity contribution in [3.05, 3.63) is 0 Å². The number of rotatable bonds is 77. The summed E-state index contributed by atoms with van der Waals surface area (Å²) >= 11 is 0. The molecule has 19 heteroatoms. The molecular weight excluding hydrogens is 1260 g/mol. The highest BCUT2D eigenvalue weighted by Gasteiger charge is 2.30. The Morgan fingerprint density at radius 3 is 0.708 bits per heavy atom. The van der Waals surface area contributed by atoms with E-state index in [1.807, 2.05) is 0 Å². The first-order valence-electron chi connectivity index (χ1n) is 40.1. The lowest BCUT2D eigenvalue weighted by Gasteiger charge is -2.21. The molecule has 0 aliphatic carbocycles. The number of esters is 4. The number of hydrogen-bond acceptors (Lipinski definition) is 15. The van der Waals surface area contributed by atoms with Crippen LogP contribution in [0.15, 0.2) is 0 Å². The van der Waals surface area contributed by atoms with Crippen molar-refractivity contribution in [2.24, 2.45) is 5.92 Å². The first-order valence-corrected chi connectivity index (χ1v) is 43.1. The van der Waals surface area contributed by atoms with Crippen molar-refractivity contribution in [3.8, 4) is 0 Å². The van der Waals surface area contributed by atoms with Gasteiger partial charge in [-0.05, 0) is 31.6 Å². The molecule has 0 fully saturated rings. The molecule has 0 aromatic rings. The van der Waals surface area contributed by atoms with E-state index in [-0.39, 0.29) is 25.7 Å². The molecule has 570 valence electrons. The number of unbranched alkanes of at least 4 members (excludes halogenated alkanes) is 49. The highest BCUT2D eigenvalue weighted by Crippen LogP contribution is 2.45. The van der Waals surface area contributed by atoms with E-state index in [1.165, 1.54) is 225 Å². The third-order valence-electron chi connectivity index (χ3n) is 18.0. The second-order valence-corrected chi connectivity index (χ2v) is 31.1. The molecule has 0 radical (unpaired) electrons. The van der Waals surface area contributed by atoms with Crippen molar-refractivity contribution in [3.63, 3.8) is 0 Å². The fourth-order valence-electron chi connectivity index (χ4n) is 11.9. The first kappa shape index (κ1) is 94.1. The number of aliphatic hydroxyl groups is 1. The number of ether oxygens (including phenoxy) is 4. The molecule has 0 rings (SSSR count). The number of phosphoric acid groups is 2. The van der Waals surface area contributed by atoms with E-state index in [4.69, 9.17) is 37.0 Å². The maximum absolute atomic E-state index is 13.1. The minimum atomic E-state index is -4.96. The summed E-state index contributed by atoms with van der Waals surface area (Å²) in [5.41, 5.74) is 0. The van der Waals surface area contributed by atoms with Crippen molar-refractivity contribution in [2.75, 3.05) is 39.6 Å². The maximum Gasteiger partial charge on any atom is 0.472 e. The zero-order chi connectivity index (χ0) is 70.5. The normalized spacial score (nSPS) is 13.9. The van der Waals surface area contributed by atoms with Gasteiger partial charge in [0.1, 0.15) is 19.3 Å². The van der Waals surface area contributed by atoms with Crippen LogP contribution in [0.3, 0.4) is 0 Å². The van der Waals surface area contributed by atoms with Gasteiger partial charge in [-0.2, -0.15) is 0 Å². The number of carbonyl (C=O) groups excluding carboxylic acids is 4. The van der Waals surface area contributed by atoms with Crippen molar-refractivity contribution in [2.45, 2.75) is 425 Å². The maximum atomic E-state index is 13.1. The lowest BCUT2D eigenvalue weighted by molar-refractivity contribution is -0.161. The minimum Gasteiger partial charge on any atom is -0.462 e. The molecule has 0 aliphatic rings. The molecule has 0 amide bonds. The molecule has 0 spiro atoms. The van der Waals surface area contributed by atoms with Crippen LogP contribution in [0.2, 0.25) is 0 Å². The zero-order valence-corrected chi connectivity index (χ0v) is 64.3. The smallest absolute Gasteiger partial charge is 0.462 e. The molecular formula is C77H150O17P2. The van der Waals surface area contributed by atoms with E-state index in [1.54, 1.807) is 0 Å². The van der Waals surface area contributed by atoms with E-state index in [2.05, 4.69) is 34.6 Å². The average Bonchev–Trinajstić information content (AvgIpc) is 1.61. The van der Waals surface area contributed by atoms with Crippen molar-refractivity contribution >= 4 is 39.5 Å². The number of carbonyl (C=O) groups is 4. The monoisotopic (exact) mass is 1410 g/mol. The van der Waals surface area contributed by atoms with Crippen LogP contribution in [0.1, 0.15) is 407 Å². The summed E-state index contributed by atoms with van der Waals surface area (Å²) in [5, 5.41) is 10.6. The van der Waals surface area contributed by atoms with Gasteiger partial charge in [-0.3, -0.25) is 37.3 Å². The molecule has 96 heavy (non-hydrogen) atoms. The second kappa shape index (κ2) is 70.1. The predicted molar refractivity (Wildman–Crippen MR) is 391 cm³/mol. The standard InChI is InChI=1S/C77H150O17P2/c1-6-9-12-15-18-21-23-25-26-27-28-29-30-31-32-33-35-37-43-48-53-58-63-77(82)94-73(67-88-75(80)61-56-51-46-41-39-38-40-44-49-54-59-70(4)5)69-92-96(85,86)90-65-71(78)64-89-95(83,84)91-68-72(66-87-74(79)60-55-50-45-20-17-14-11-8-3)93-76(81)62-57-52-47-42-36-34-24-22-19-16-13-10-7-2/h70-73,78H,6-69H2,1-5H3,(H,83,84)(H,85,86)/t71-,72+,73+/m0/s1. The van der Waals surface area contributed by atoms with Crippen molar-refractivity contribution < 1.29 is 80.2 Å². The van der Waals surface area contributed by atoms with E-state index >= 15 is 0 Å². The molecule has 0 aliphatic heterocycles. The first-order chi connectivity index (χ1) is 46.5. The van der Waals surface area contributed by atoms with Crippen LogP contribution in [0.4, 0.5) is 0 Å². The summed E-state index contributed by atoms with van der Waals surface area (Å²) in [4.78, 5) is 72.7. The third-order valence-corrected chi connectivity index (χ3v) is 19.9. The molecule has 3 N–H and O–H groups in total.